The SMILES string of the molecule is CC(C)(C)n1cc(C[N+]2(CC3=C(C(=O)[O-])N4C(=O)[C@@H](NC(=O)/C(=N\O[C@@H](CC(=O)O)C(=O)O)c5csc(N)n5)[C@H]4SC3)CCCC2)c(=O)c2cc(O)c(O)cc21. The molecule has 1 aromatic carbocycles. The second-order valence-electron chi connectivity index (χ2n) is 14.8. The van der Waals surface area contributed by atoms with Gasteiger partial charge in [-0.05, 0) is 26.8 Å². The summed E-state index contributed by atoms with van der Waals surface area (Å²) >= 11 is 2.13. The Bertz CT molecular complexity index is 2270. The van der Waals surface area contributed by atoms with Gasteiger partial charge in [0.2, 0.25) is 6.10 Å². The van der Waals surface area contributed by atoms with Gasteiger partial charge in [0.1, 0.15) is 30.2 Å². The maximum Gasteiger partial charge on any atom is 0.348 e. The number of oxime groups is 1. The molecule has 2 aromatic heterocycles. The fourth-order valence-electron chi connectivity index (χ4n) is 7.26. The number of aromatic nitrogens is 2. The zero-order valence-electron chi connectivity index (χ0n) is 30.4. The Balaban J connectivity index is 1.27. The quantitative estimate of drug-likeness (QED) is 0.0438. The van der Waals surface area contributed by atoms with Crippen molar-refractivity contribution in [3.05, 3.63) is 56.5 Å². The highest BCUT2D eigenvalue weighted by Crippen LogP contribution is 2.42. The molecule has 0 saturated carbocycles. The largest absolute Gasteiger partial charge is 0.543 e. The van der Waals surface area contributed by atoms with Crippen molar-refractivity contribution in [2.45, 2.75) is 69.6 Å². The molecule has 7 N–H and O–H groups in total. The standard InChI is InChI=1S/C35H39N7O12S2/c1-35(2,3)40-11-16(28(47)18-8-21(43)22(44)9-20(18)40)12-42(6-4-5-7-42)13-17-14-55-31-26(30(49)41(31)27(17)33(52)53)38-29(48)25(19-15-56-34(36)37-19)39-54-23(32(50)51)10-24(45)46/h8-9,11,15,23,26,31H,4-7,10,12-14H2,1-3H3,(H7-,36,37,38,39,43,44,45,46,47,48,50,51,52,53)/t23-,26+,31+/m0/s1. The molecule has 0 aliphatic carbocycles. The molecule has 21 heteroatoms. The van der Waals surface area contributed by atoms with Crippen molar-refractivity contribution >= 4 is 74.6 Å². The molecule has 0 radical (unpaired) electrons. The summed E-state index contributed by atoms with van der Waals surface area (Å²) in [6.07, 6.45) is 0.410. The molecule has 5 heterocycles. The van der Waals surface area contributed by atoms with Crippen molar-refractivity contribution in [3.63, 3.8) is 0 Å². The summed E-state index contributed by atoms with van der Waals surface area (Å²) in [6.45, 7) is 7.42. The number of β-lactam (4-membered cyclic amide) rings is 1. The fourth-order valence-corrected chi connectivity index (χ4v) is 9.15. The Morgan fingerprint density at radius 1 is 1.12 bits per heavy atom. The molecule has 3 atom stereocenters. The van der Waals surface area contributed by atoms with Gasteiger partial charge < -0.3 is 55.3 Å². The number of likely N-dealkylation sites (tertiary alicyclic amines) is 1. The highest BCUT2D eigenvalue weighted by molar-refractivity contribution is 8.00. The topological polar surface area (TPSA) is 287 Å². The summed E-state index contributed by atoms with van der Waals surface area (Å²) in [6, 6.07) is 1.34. The van der Waals surface area contributed by atoms with E-state index in [1.165, 1.54) is 29.3 Å². The van der Waals surface area contributed by atoms with Gasteiger partial charge in [-0.25, -0.2) is 9.78 Å². The normalized spacial score (nSPS) is 20.0. The van der Waals surface area contributed by atoms with Crippen LogP contribution in [0.3, 0.4) is 0 Å². The van der Waals surface area contributed by atoms with E-state index < -0.39 is 70.7 Å². The lowest BCUT2D eigenvalue weighted by Crippen LogP contribution is -2.71. The summed E-state index contributed by atoms with van der Waals surface area (Å²) in [4.78, 5) is 86.4. The van der Waals surface area contributed by atoms with E-state index in [0.717, 1.165) is 29.1 Å². The molecule has 2 saturated heterocycles. The lowest BCUT2D eigenvalue weighted by Gasteiger charge is -2.51. The van der Waals surface area contributed by atoms with Gasteiger partial charge in [0.25, 0.3) is 11.8 Å². The Kier molecular flexibility index (Phi) is 10.8. The van der Waals surface area contributed by atoms with Crippen LogP contribution in [0.15, 0.2) is 44.9 Å². The molecule has 6 rings (SSSR count). The number of carboxylic acids is 3. The predicted octanol–water partition coefficient (Wildman–Crippen LogP) is 0.0697. The van der Waals surface area contributed by atoms with Crippen LogP contribution in [-0.4, -0.2) is 118 Å². The number of carbonyl (C=O) groups excluding carboxylic acids is 3. The molecular formula is C35H39N7O12S2. The van der Waals surface area contributed by atoms with Crippen molar-refractivity contribution < 1.29 is 58.8 Å². The van der Waals surface area contributed by atoms with Crippen LogP contribution in [0.25, 0.3) is 10.9 Å². The molecule has 56 heavy (non-hydrogen) atoms. The monoisotopic (exact) mass is 813 g/mol. The van der Waals surface area contributed by atoms with Gasteiger partial charge in [0.05, 0.1) is 47.6 Å². The van der Waals surface area contributed by atoms with E-state index in [9.17, 15) is 49.2 Å². The Labute approximate surface area is 326 Å². The Morgan fingerprint density at radius 3 is 2.39 bits per heavy atom. The zero-order valence-corrected chi connectivity index (χ0v) is 32.0. The van der Waals surface area contributed by atoms with Gasteiger partial charge >= 0.3 is 11.9 Å². The number of hydrogen-bond acceptors (Lipinski definition) is 15. The minimum Gasteiger partial charge on any atom is -0.543 e. The minimum absolute atomic E-state index is 0.0179. The number of nitrogens with two attached hydrogens (primary N) is 1. The average Bonchev–Trinajstić information content (AvgIpc) is 3.76. The van der Waals surface area contributed by atoms with E-state index in [0.29, 0.717) is 34.2 Å². The number of hydrogen-bond donors (Lipinski definition) is 6. The first-order chi connectivity index (χ1) is 26.3. The van der Waals surface area contributed by atoms with Gasteiger partial charge in [0.15, 0.2) is 27.8 Å². The van der Waals surface area contributed by atoms with Gasteiger partial charge in [-0.1, -0.05) is 5.16 Å². The maximum absolute atomic E-state index is 13.9. The van der Waals surface area contributed by atoms with E-state index in [2.05, 4.69) is 15.5 Å². The van der Waals surface area contributed by atoms with Crippen molar-refractivity contribution in [1.82, 2.24) is 19.8 Å². The fraction of sp³-hybridized carbons (Fsp3) is 0.429. The van der Waals surface area contributed by atoms with Crippen LogP contribution in [0.1, 0.15) is 51.3 Å². The van der Waals surface area contributed by atoms with Gasteiger partial charge in [0, 0.05) is 47.3 Å². The Hall–Kier alpha value is -5.67. The van der Waals surface area contributed by atoms with E-state index >= 15 is 0 Å². The van der Waals surface area contributed by atoms with Crippen LogP contribution in [-0.2, 0) is 40.9 Å². The van der Waals surface area contributed by atoms with Crippen molar-refractivity contribution in [1.29, 1.82) is 0 Å². The van der Waals surface area contributed by atoms with Crippen LogP contribution in [0, 0.1) is 0 Å². The van der Waals surface area contributed by atoms with Crippen LogP contribution >= 0.6 is 23.1 Å². The van der Waals surface area contributed by atoms with Gasteiger partial charge in [-0.15, -0.1) is 23.1 Å². The third-order valence-corrected chi connectivity index (χ3v) is 11.9. The lowest BCUT2D eigenvalue weighted by molar-refractivity contribution is -0.925. The predicted molar refractivity (Wildman–Crippen MR) is 199 cm³/mol. The highest BCUT2D eigenvalue weighted by atomic mass is 32.2. The number of phenolic OH excluding ortho intramolecular Hbond substituents is 2. The summed E-state index contributed by atoms with van der Waals surface area (Å²) in [7, 11) is 0. The number of nitrogens with zero attached hydrogens (tertiary/aromatic N) is 5. The number of pyridine rings is 1. The molecule has 298 valence electrons. The summed E-state index contributed by atoms with van der Waals surface area (Å²) < 4.78 is 2.17. The maximum atomic E-state index is 13.9. The number of rotatable bonds is 13. The molecule has 0 spiro atoms. The summed E-state index contributed by atoms with van der Waals surface area (Å²) in [5, 5.41) is 58.4. The molecule has 2 amide bonds. The number of nitrogens with one attached hydrogen (secondary N) is 1. The van der Waals surface area contributed by atoms with Crippen molar-refractivity contribution in [3.8, 4) is 11.5 Å². The van der Waals surface area contributed by atoms with Crippen molar-refractivity contribution in [2.75, 3.05) is 31.1 Å². The number of nitrogen functional groups attached to an aromatic ring is 1. The highest BCUT2D eigenvalue weighted by Gasteiger charge is 2.54. The summed E-state index contributed by atoms with van der Waals surface area (Å²) in [5.74, 6) is -7.22. The number of thioether (sulfide) groups is 1. The lowest BCUT2D eigenvalue weighted by atomic mass is 10.0. The number of thiazole rings is 1. The van der Waals surface area contributed by atoms with Gasteiger partial charge in [-0.2, -0.15) is 0 Å². The van der Waals surface area contributed by atoms with Crippen LogP contribution in [0.2, 0.25) is 0 Å². The third kappa shape index (κ3) is 7.73. The number of carboxylic acid groups (broad SMARTS) is 3. The third-order valence-electron chi connectivity index (χ3n) is 9.86. The number of anilines is 1. The second kappa shape index (κ2) is 15.1. The first-order valence-electron chi connectivity index (χ1n) is 17.3. The van der Waals surface area contributed by atoms with Crippen LogP contribution < -0.4 is 21.6 Å². The van der Waals surface area contributed by atoms with Crippen LogP contribution in [0.5, 0.6) is 11.5 Å². The number of benzene rings is 1. The average molecular weight is 814 g/mol. The summed E-state index contributed by atoms with van der Waals surface area (Å²) in [5.41, 5.74) is 5.06. The minimum atomic E-state index is -1.96. The van der Waals surface area contributed by atoms with E-state index in [1.54, 1.807) is 6.20 Å². The van der Waals surface area contributed by atoms with E-state index in [4.69, 9.17) is 15.7 Å². The number of carbonyl (C=O) groups is 5. The Morgan fingerprint density at radius 2 is 1.80 bits per heavy atom. The van der Waals surface area contributed by atoms with Gasteiger partial charge in [-0.3, -0.25) is 24.1 Å². The number of aliphatic carboxylic acids is 3. The molecule has 3 aromatic rings. The zero-order chi connectivity index (χ0) is 40.9. The molecule has 0 bridgehead atoms. The smallest absolute Gasteiger partial charge is 0.348 e. The second-order valence-corrected chi connectivity index (χ2v) is 16.8. The first-order valence-corrected chi connectivity index (χ1v) is 19.3. The van der Waals surface area contributed by atoms with Crippen LogP contribution in [0.4, 0.5) is 5.13 Å². The molecule has 3 aliphatic rings. The molecule has 0 unspecified atom stereocenters. The molecular weight excluding hydrogens is 775 g/mol. The van der Waals surface area contributed by atoms with E-state index in [1.807, 2.05) is 25.3 Å². The molecule has 2 fully saturated rings. The first kappa shape index (κ1) is 40.0. The van der Waals surface area contributed by atoms with E-state index in [-0.39, 0.29) is 51.9 Å². The number of aromatic hydroxyl groups is 2. The number of phenols is 2. The van der Waals surface area contributed by atoms with Crippen molar-refractivity contribution in [2.24, 2.45) is 5.16 Å². The number of quaternary nitrogens is 1. The molecule has 19 nitrogen and oxygen atoms in total. The number of fused-ring (bicyclic) bond motifs is 2. The molecule has 3 aliphatic heterocycles. The number of amides is 2.